The molecule has 0 aromatic carbocycles. The standard InChI is InChI=1S/C18H19Cl2NO/c1-2-10-18(12-3-5-13(19)6-4-12)11-9-15-14(17(18)22)7-8-16(20)21-15/h3,5,7-8H,2,4,6,9-11H2,1H3. The molecule has 2 aliphatic rings. The van der Waals surface area contributed by atoms with E-state index in [0.29, 0.717) is 5.15 Å². The fraction of sp³-hybridized carbons (Fsp3) is 0.444. The number of ketones is 1. The summed E-state index contributed by atoms with van der Waals surface area (Å²) in [5, 5.41) is 1.33. The van der Waals surface area contributed by atoms with Crippen molar-refractivity contribution in [3.8, 4) is 0 Å². The van der Waals surface area contributed by atoms with Crippen LogP contribution in [0.4, 0.5) is 0 Å². The second kappa shape index (κ2) is 6.17. The highest BCUT2D eigenvalue weighted by Gasteiger charge is 2.44. The molecule has 3 rings (SSSR count). The molecule has 1 atom stereocenters. The Hall–Kier alpha value is -1.12. The monoisotopic (exact) mass is 335 g/mol. The molecule has 1 aromatic rings. The van der Waals surface area contributed by atoms with Gasteiger partial charge in [0.15, 0.2) is 5.78 Å². The Morgan fingerprint density at radius 3 is 2.68 bits per heavy atom. The van der Waals surface area contributed by atoms with Crippen molar-refractivity contribution in [3.05, 3.63) is 51.3 Å². The number of allylic oxidation sites excluding steroid dienone is 4. The number of carbonyl (C=O) groups excluding carboxylic acids is 1. The van der Waals surface area contributed by atoms with E-state index >= 15 is 0 Å². The Bertz CT molecular complexity index is 678. The van der Waals surface area contributed by atoms with Crippen LogP contribution in [0.3, 0.4) is 0 Å². The number of halogens is 2. The second-order valence-corrected chi connectivity index (χ2v) is 6.97. The Morgan fingerprint density at radius 1 is 1.18 bits per heavy atom. The number of carbonyl (C=O) groups is 1. The highest BCUT2D eigenvalue weighted by molar-refractivity contribution is 6.30. The fourth-order valence-corrected chi connectivity index (χ4v) is 4.04. The van der Waals surface area contributed by atoms with Gasteiger partial charge in [-0.05, 0) is 50.3 Å². The topological polar surface area (TPSA) is 30.0 Å². The molecular weight excluding hydrogens is 317 g/mol. The van der Waals surface area contributed by atoms with Crippen LogP contribution in [0.25, 0.3) is 0 Å². The third kappa shape index (κ3) is 2.63. The maximum atomic E-state index is 13.2. The summed E-state index contributed by atoms with van der Waals surface area (Å²) < 4.78 is 0. The minimum absolute atomic E-state index is 0.206. The Morgan fingerprint density at radius 2 is 2.00 bits per heavy atom. The number of aryl methyl sites for hydroxylation is 1. The van der Waals surface area contributed by atoms with E-state index < -0.39 is 0 Å². The highest BCUT2D eigenvalue weighted by atomic mass is 35.5. The first kappa shape index (κ1) is 15.8. The smallest absolute Gasteiger partial charge is 0.174 e. The van der Waals surface area contributed by atoms with E-state index in [2.05, 4.69) is 18.0 Å². The lowest BCUT2D eigenvalue weighted by Gasteiger charge is -2.39. The Kier molecular flexibility index (Phi) is 4.42. The Balaban J connectivity index is 2.06. The number of aromatic nitrogens is 1. The van der Waals surface area contributed by atoms with Crippen LogP contribution in [0.2, 0.25) is 5.15 Å². The summed E-state index contributed by atoms with van der Waals surface area (Å²) >= 11 is 12.1. The van der Waals surface area contributed by atoms with Gasteiger partial charge in [0.05, 0.1) is 11.1 Å². The molecule has 22 heavy (non-hydrogen) atoms. The molecule has 0 saturated carbocycles. The quantitative estimate of drug-likeness (QED) is 0.683. The van der Waals surface area contributed by atoms with Crippen molar-refractivity contribution in [3.63, 3.8) is 0 Å². The van der Waals surface area contributed by atoms with Gasteiger partial charge in [-0.25, -0.2) is 4.98 Å². The highest BCUT2D eigenvalue weighted by Crippen LogP contribution is 2.47. The van der Waals surface area contributed by atoms with Crippen molar-refractivity contribution in [1.29, 1.82) is 0 Å². The molecule has 0 amide bonds. The van der Waals surface area contributed by atoms with Gasteiger partial charge >= 0.3 is 0 Å². The summed E-state index contributed by atoms with van der Waals surface area (Å²) in [6.07, 6.45) is 9.19. The van der Waals surface area contributed by atoms with Gasteiger partial charge in [-0.2, -0.15) is 0 Å². The van der Waals surface area contributed by atoms with Crippen LogP contribution in [-0.2, 0) is 6.42 Å². The zero-order chi connectivity index (χ0) is 15.7. The average Bonchev–Trinajstić information content (AvgIpc) is 2.51. The molecule has 0 bridgehead atoms. The molecule has 2 aliphatic carbocycles. The van der Waals surface area contributed by atoms with Crippen LogP contribution >= 0.6 is 23.2 Å². The first-order chi connectivity index (χ1) is 10.6. The van der Waals surface area contributed by atoms with Gasteiger partial charge in [0.2, 0.25) is 0 Å². The number of hydrogen-bond acceptors (Lipinski definition) is 2. The zero-order valence-corrected chi connectivity index (χ0v) is 14.2. The molecule has 0 N–H and O–H groups in total. The van der Waals surface area contributed by atoms with Crippen molar-refractivity contribution in [2.75, 3.05) is 0 Å². The second-order valence-electron chi connectivity index (χ2n) is 6.09. The minimum atomic E-state index is -0.384. The van der Waals surface area contributed by atoms with Gasteiger partial charge in [-0.1, -0.05) is 48.2 Å². The lowest BCUT2D eigenvalue weighted by atomic mass is 9.63. The number of nitrogens with zero attached hydrogens (tertiary/aromatic N) is 1. The third-order valence-corrected chi connectivity index (χ3v) is 5.32. The van der Waals surface area contributed by atoms with E-state index in [1.807, 2.05) is 12.1 Å². The molecule has 1 unspecified atom stereocenters. The van der Waals surface area contributed by atoms with Gasteiger partial charge in [0, 0.05) is 10.6 Å². The van der Waals surface area contributed by atoms with Crippen LogP contribution in [0.15, 0.2) is 34.9 Å². The number of rotatable bonds is 3. The molecule has 0 saturated heterocycles. The Labute approximate surface area is 141 Å². The maximum absolute atomic E-state index is 13.2. The predicted octanol–water partition coefficient (Wildman–Crippen LogP) is 5.49. The zero-order valence-electron chi connectivity index (χ0n) is 12.7. The van der Waals surface area contributed by atoms with E-state index in [1.165, 1.54) is 5.57 Å². The molecule has 0 fully saturated rings. The van der Waals surface area contributed by atoms with Crippen LogP contribution in [-0.4, -0.2) is 10.8 Å². The van der Waals surface area contributed by atoms with E-state index in [9.17, 15) is 4.79 Å². The van der Waals surface area contributed by atoms with Crippen LogP contribution in [0.1, 0.15) is 55.1 Å². The molecular formula is C18H19Cl2NO. The molecule has 2 nitrogen and oxygen atoms in total. The average molecular weight is 336 g/mol. The lowest BCUT2D eigenvalue weighted by molar-refractivity contribution is 0.0788. The first-order valence-corrected chi connectivity index (χ1v) is 8.58. The summed E-state index contributed by atoms with van der Waals surface area (Å²) in [6.45, 7) is 2.14. The van der Waals surface area contributed by atoms with Crippen LogP contribution in [0.5, 0.6) is 0 Å². The molecule has 0 aliphatic heterocycles. The molecule has 116 valence electrons. The van der Waals surface area contributed by atoms with Gasteiger partial charge < -0.3 is 0 Å². The summed E-state index contributed by atoms with van der Waals surface area (Å²) in [6, 6.07) is 3.55. The third-order valence-electron chi connectivity index (χ3n) is 4.80. The van der Waals surface area contributed by atoms with Crippen molar-refractivity contribution in [2.45, 2.75) is 45.4 Å². The molecule has 1 aromatic heterocycles. The number of hydrogen-bond donors (Lipinski definition) is 0. The minimum Gasteiger partial charge on any atom is -0.293 e. The van der Waals surface area contributed by atoms with E-state index in [0.717, 1.165) is 54.8 Å². The SMILES string of the molecule is CCCC1(C2=CC=C(Cl)CC2)CCc2nc(Cl)ccc2C1=O. The summed E-state index contributed by atoms with van der Waals surface area (Å²) in [5.74, 6) is 0.206. The van der Waals surface area contributed by atoms with Crippen molar-refractivity contribution in [2.24, 2.45) is 5.41 Å². The van der Waals surface area contributed by atoms with Gasteiger partial charge in [0.1, 0.15) is 5.15 Å². The van der Waals surface area contributed by atoms with Crippen LogP contribution in [0, 0.1) is 5.41 Å². The lowest BCUT2D eigenvalue weighted by Crippen LogP contribution is -2.38. The first-order valence-electron chi connectivity index (χ1n) is 7.83. The fourth-order valence-electron chi connectivity index (χ4n) is 3.72. The largest absolute Gasteiger partial charge is 0.293 e. The number of fused-ring (bicyclic) bond motifs is 1. The molecule has 0 radical (unpaired) electrons. The van der Waals surface area contributed by atoms with Gasteiger partial charge in [-0.15, -0.1) is 0 Å². The summed E-state index contributed by atoms with van der Waals surface area (Å²) in [4.78, 5) is 17.6. The van der Waals surface area contributed by atoms with Crippen LogP contribution < -0.4 is 0 Å². The molecule has 0 spiro atoms. The van der Waals surface area contributed by atoms with Crippen molar-refractivity contribution >= 4 is 29.0 Å². The summed E-state index contributed by atoms with van der Waals surface area (Å²) in [5.41, 5.74) is 2.43. The van der Waals surface area contributed by atoms with Gasteiger partial charge in [0.25, 0.3) is 0 Å². The normalized spacial score (nSPS) is 24.6. The van der Waals surface area contributed by atoms with E-state index in [1.54, 1.807) is 6.07 Å². The predicted molar refractivity (Wildman–Crippen MR) is 90.5 cm³/mol. The summed E-state index contributed by atoms with van der Waals surface area (Å²) in [7, 11) is 0. The molecule has 4 heteroatoms. The number of pyridine rings is 1. The van der Waals surface area contributed by atoms with Gasteiger partial charge in [-0.3, -0.25) is 4.79 Å². The van der Waals surface area contributed by atoms with E-state index in [-0.39, 0.29) is 11.2 Å². The van der Waals surface area contributed by atoms with E-state index in [4.69, 9.17) is 23.2 Å². The van der Waals surface area contributed by atoms with Crippen molar-refractivity contribution < 1.29 is 4.79 Å². The maximum Gasteiger partial charge on any atom is 0.174 e. The number of Topliss-reactive ketones (excluding diaryl/α,β-unsaturated/α-hetero) is 1. The van der Waals surface area contributed by atoms with Crippen molar-refractivity contribution in [1.82, 2.24) is 4.98 Å². The molecule has 1 heterocycles.